The molecule has 262 valence electrons. The number of benzene rings is 2. The third kappa shape index (κ3) is 12.3. The number of hydrogen-bond acceptors (Lipinski definition) is 10. The lowest BCUT2D eigenvalue weighted by Gasteiger charge is -2.31. The summed E-state index contributed by atoms with van der Waals surface area (Å²) in [6.45, 7) is 4.43. The zero-order chi connectivity index (χ0) is 35.7. The Balaban J connectivity index is 1.88. The van der Waals surface area contributed by atoms with Gasteiger partial charge >= 0.3 is 12.0 Å². The van der Waals surface area contributed by atoms with Crippen molar-refractivity contribution in [3.05, 3.63) is 59.7 Å². The number of phenolic OH excluding ortho intramolecular Hbond substituents is 1. The van der Waals surface area contributed by atoms with Gasteiger partial charge in [0, 0.05) is 30.2 Å². The van der Waals surface area contributed by atoms with Gasteiger partial charge in [0.05, 0.1) is 19.1 Å². The van der Waals surface area contributed by atoms with Crippen molar-refractivity contribution in [2.45, 2.75) is 40.0 Å². The molecule has 4 amide bonds. The number of aliphatic hydroxyl groups excluding tert-OH is 1. The molecule has 0 heterocycles. The highest BCUT2D eigenvalue weighted by Gasteiger charge is 2.39. The number of allylic oxidation sites excluding steroid dienone is 1. The fourth-order valence-corrected chi connectivity index (χ4v) is 4.71. The molecular weight excluding hydrogens is 624 g/mol. The lowest BCUT2D eigenvalue weighted by Crippen LogP contribution is -2.41. The van der Waals surface area contributed by atoms with Crippen LogP contribution in [-0.2, 0) is 23.9 Å². The standard InChI is InChI=1S/C34H46N4O10/c1-6-34(3,19-25(31(43)37-21-46-4)17-22(2)30(42)36-20-39)32(44)48-16-15-35-33(45)38-26-11-9-24(10-12-26)27(40)13-7-23-8-14-28(41)29(18-23)47-5/h7-14,18,22,25,39,41H,6,15-17,19-21H2,1-5H3,(H,36,42)(H,37,43)(H2,35,38,45)/b13-7+. The molecular formula is C34H46N4O10. The number of rotatable bonds is 19. The SMILES string of the molecule is CCC(C)(CC(CC(C)C(=O)NCO)C(=O)NCOC)C(=O)OCCNC(=O)Nc1ccc(C(=O)/C=C/c2ccc(O)c(OC)c2)cc1. The molecule has 0 aliphatic rings. The van der Waals surface area contributed by atoms with E-state index in [9.17, 15) is 29.1 Å². The maximum atomic E-state index is 13.1. The molecule has 14 nitrogen and oxygen atoms in total. The van der Waals surface area contributed by atoms with Crippen LogP contribution in [-0.4, -0.2) is 80.6 Å². The third-order valence-corrected chi connectivity index (χ3v) is 7.75. The van der Waals surface area contributed by atoms with Crippen LogP contribution in [0.2, 0.25) is 0 Å². The minimum Gasteiger partial charge on any atom is -0.504 e. The fourth-order valence-electron chi connectivity index (χ4n) is 4.71. The number of nitrogens with one attached hydrogen (secondary N) is 4. The van der Waals surface area contributed by atoms with Gasteiger partial charge in [-0.1, -0.05) is 26.0 Å². The van der Waals surface area contributed by atoms with Crippen molar-refractivity contribution in [1.82, 2.24) is 16.0 Å². The highest BCUT2D eigenvalue weighted by Crippen LogP contribution is 2.34. The van der Waals surface area contributed by atoms with Gasteiger partial charge in [-0.25, -0.2) is 4.79 Å². The molecule has 0 saturated heterocycles. The number of phenols is 1. The van der Waals surface area contributed by atoms with Crippen LogP contribution >= 0.6 is 0 Å². The Kier molecular flexibility index (Phi) is 16.1. The first-order valence-electron chi connectivity index (χ1n) is 15.4. The Hall–Kier alpha value is -4.95. The van der Waals surface area contributed by atoms with E-state index < -0.39 is 41.9 Å². The van der Waals surface area contributed by atoms with Crippen molar-refractivity contribution < 1.29 is 48.4 Å². The number of esters is 1. The number of hydrogen-bond donors (Lipinski definition) is 6. The zero-order valence-corrected chi connectivity index (χ0v) is 28.0. The largest absolute Gasteiger partial charge is 0.504 e. The van der Waals surface area contributed by atoms with Crippen molar-refractivity contribution in [2.24, 2.45) is 17.3 Å². The maximum absolute atomic E-state index is 13.1. The van der Waals surface area contributed by atoms with E-state index in [0.717, 1.165) is 0 Å². The molecule has 6 N–H and O–H groups in total. The number of ketones is 1. The van der Waals surface area contributed by atoms with Gasteiger partial charge in [-0.05, 0) is 74.2 Å². The Bertz CT molecular complexity index is 1430. The second-order valence-corrected chi connectivity index (χ2v) is 11.3. The van der Waals surface area contributed by atoms with Gasteiger partial charge in [-0.2, -0.15) is 0 Å². The molecule has 0 spiro atoms. The third-order valence-electron chi connectivity index (χ3n) is 7.75. The van der Waals surface area contributed by atoms with Crippen LogP contribution in [0.3, 0.4) is 0 Å². The number of methoxy groups -OCH3 is 2. The predicted octanol–water partition coefficient (Wildman–Crippen LogP) is 3.20. The molecule has 48 heavy (non-hydrogen) atoms. The quantitative estimate of drug-likeness (QED) is 0.0424. The summed E-state index contributed by atoms with van der Waals surface area (Å²) in [6, 6.07) is 10.4. The van der Waals surface area contributed by atoms with Gasteiger partial charge in [0.15, 0.2) is 17.3 Å². The average Bonchev–Trinajstić information content (AvgIpc) is 3.08. The van der Waals surface area contributed by atoms with E-state index in [1.807, 2.05) is 0 Å². The summed E-state index contributed by atoms with van der Waals surface area (Å²) < 4.78 is 15.5. The zero-order valence-electron chi connectivity index (χ0n) is 28.0. The monoisotopic (exact) mass is 670 g/mol. The topological polar surface area (TPSA) is 202 Å². The number of urea groups is 1. The Morgan fingerprint density at radius 1 is 0.979 bits per heavy atom. The van der Waals surface area contributed by atoms with E-state index >= 15 is 0 Å². The van der Waals surface area contributed by atoms with Gasteiger partial charge in [0.2, 0.25) is 11.8 Å². The van der Waals surface area contributed by atoms with Gasteiger partial charge < -0.3 is 45.7 Å². The van der Waals surface area contributed by atoms with E-state index in [0.29, 0.717) is 29.0 Å². The van der Waals surface area contributed by atoms with Gasteiger partial charge in [-0.15, -0.1) is 0 Å². The van der Waals surface area contributed by atoms with Crippen LogP contribution in [0.4, 0.5) is 10.5 Å². The summed E-state index contributed by atoms with van der Waals surface area (Å²) in [5.41, 5.74) is 0.445. The molecule has 2 rings (SSSR count). The normalized spacial score (nSPS) is 13.5. The molecule has 0 aromatic heterocycles. The van der Waals surface area contributed by atoms with Crippen molar-refractivity contribution in [3.8, 4) is 11.5 Å². The van der Waals surface area contributed by atoms with Crippen LogP contribution in [0.25, 0.3) is 6.08 Å². The average molecular weight is 671 g/mol. The second-order valence-electron chi connectivity index (χ2n) is 11.3. The smallest absolute Gasteiger partial charge is 0.319 e. The molecule has 2 aromatic carbocycles. The first-order chi connectivity index (χ1) is 22.9. The number of carbonyl (C=O) groups is 5. The summed E-state index contributed by atoms with van der Waals surface area (Å²) in [6.07, 6.45) is 3.57. The number of anilines is 1. The van der Waals surface area contributed by atoms with E-state index in [-0.39, 0.29) is 50.2 Å². The minimum absolute atomic E-state index is 0.00522. The van der Waals surface area contributed by atoms with Crippen LogP contribution < -0.4 is 26.0 Å². The van der Waals surface area contributed by atoms with Crippen molar-refractivity contribution in [2.75, 3.05) is 46.1 Å². The highest BCUT2D eigenvalue weighted by atomic mass is 16.5. The first kappa shape index (κ1) is 39.2. The van der Waals surface area contributed by atoms with Gasteiger partial charge in [0.1, 0.15) is 20.1 Å². The van der Waals surface area contributed by atoms with Crippen LogP contribution in [0.15, 0.2) is 48.5 Å². The Labute approximate surface area is 280 Å². The van der Waals surface area contributed by atoms with Crippen molar-refractivity contribution in [3.63, 3.8) is 0 Å². The molecule has 0 aliphatic carbocycles. The Morgan fingerprint density at radius 2 is 1.69 bits per heavy atom. The number of aromatic hydroxyl groups is 1. The van der Waals surface area contributed by atoms with Crippen molar-refractivity contribution in [1.29, 1.82) is 0 Å². The first-order valence-corrected chi connectivity index (χ1v) is 15.4. The lowest BCUT2D eigenvalue weighted by atomic mass is 9.76. The van der Waals surface area contributed by atoms with Crippen LogP contribution in [0.1, 0.15) is 56.0 Å². The molecule has 14 heteroatoms. The van der Waals surface area contributed by atoms with Crippen LogP contribution in [0.5, 0.6) is 11.5 Å². The molecule has 3 atom stereocenters. The predicted molar refractivity (Wildman–Crippen MR) is 178 cm³/mol. The highest BCUT2D eigenvalue weighted by molar-refractivity contribution is 6.07. The molecule has 0 saturated carbocycles. The molecule has 0 aliphatic heterocycles. The number of ether oxygens (including phenoxy) is 3. The fraction of sp³-hybridized carbons (Fsp3) is 0.441. The summed E-state index contributed by atoms with van der Waals surface area (Å²) in [5.74, 6) is -2.65. The summed E-state index contributed by atoms with van der Waals surface area (Å²) in [5, 5.41) is 28.9. The number of aliphatic hydroxyl groups is 1. The molecule has 0 bridgehead atoms. The summed E-state index contributed by atoms with van der Waals surface area (Å²) in [4.78, 5) is 63.1. The molecule has 0 radical (unpaired) electrons. The maximum Gasteiger partial charge on any atom is 0.319 e. The van der Waals surface area contributed by atoms with Gasteiger partial charge in [0.25, 0.3) is 0 Å². The summed E-state index contributed by atoms with van der Waals surface area (Å²) >= 11 is 0. The molecule has 0 fully saturated rings. The summed E-state index contributed by atoms with van der Waals surface area (Å²) in [7, 11) is 2.86. The van der Waals surface area contributed by atoms with E-state index in [1.165, 1.54) is 26.4 Å². The lowest BCUT2D eigenvalue weighted by molar-refractivity contribution is -0.156. The van der Waals surface area contributed by atoms with E-state index in [1.54, 1.807) is 63.2 Å². The number of carbonyl (C=O) groups excluding carboxylic acids is 5. The van der Waals surface area contributed by atoms with Crippen LogP contribution in [0, 0.1) is 17.3 Å². The number of amides is 4. The van der Waals surface area contributed by atoms with E-state index in [2.05, 4.69) is 21.3 Å². The molecule has 2 aromatic rings. The minimum atomic E-state index is -1.06. The molecule has 3 unspecified atom stereocenters. The van der Waals surface area contributed by atoms with Gasteiger partial charge in [-0.3, -0.25) is 19.2 Å². The Morgan fingerprint density at radius 3 is 2.31 bits per heavy atom. The van der Waals surface area contributed by atoms with Crippen molar-refractivity contribution >= 4 is 41.4 Å². The second kappa shape index (κ2) is 19.7. The van der Waals surface area contributed by atoms with E-state index in [4.69, 9.17) is 19.3 Å².